The SMILES string of the molecule is CN=C(NCCCC(C)C)NCC(=O)N1CCc2ccccc21. The minimum Gasteiger partial charge on any atom is -0.356 e. The van der Waals surface area contributed by atoms with Gasteiger partial charge in [0.2, 0.25) is 5.91 Å². The number of benzene rings is 1. The highest BCUT2D eigenvalue weighted by atomic mass is 16.2. The number of fused-ring (bicyclic) bond motifs is 1. The van der Waals surface area contributed by atoms with Crippen molar-refractivity contribution in [3.63, 3.8) is 0 Å². The van der Waals surface area contributed by atoms with Crippen molar-refractivity contribution >= 4 is 17.6 Å². The Hall–Kier alpha value is -2.04. The molecule has 2 rings (SSSR count). The monoisotopic (exact) mass is 316 g/mol. The van der Waals surface area contributed by atoms with Crippen molar-refractivity contribution in [3.8, 4) is 0 Å². The van der Waals surface area contributed by atoms with Crippen LogP contribution in [0.5, 0.6) is 0 Å². The Bertz CT molecular complexity index is 554. The van der Waals surface area contributed by atoms with Crippen LogP contribution in [0.3, 0.4) is 0 Å². The van der Waals surface area contributed by atoms with E-state index in [9.17, 15) is 4.79 Å². The minimum absolute atomic E-state index is 0.0834. The molecule has 1 heterocycles. The van der Waals surface area contributed by atoms with Crippen LogP contribution in [0.15, 0.2) is 29.3 Å². The molecule has 0 aromatic heterocycles. The third-order valence-corrected chi connectivity index (χ3v) is 4.07. The molecular formula is C18H28N4O. The van der Waals surface area contributed by atoms with Gasteiger partial charge in [0.25, 0.3) is 0 Å². The predicted octanol–water partition coefficient (Wildman–Crippen LogP) is 2.18. The van der Waals surface area contributed by atoms with Crippen LogP contribution < -0.4 is 15.5 Å². The number of carbonyl (C=O) groups is 1. The number of nitrogens with one attached hydrogen (secondary N) is 2. The summed E-state index contributed by atoms with van der Waals surface area (Å²) in [6.45, 7) is 6.34. The molecule has 0 spiro atoms. The van der Waals surface area contributed by atoms with E-state index in [0.29, 0.717) is 11.9 Å². The van der Waals surface area contributed by atoms with E-state index < -0.39 is 0 Å². The Balaban J connectivity index is 1.77. The van der Waals surface area contributed by atoms with Crippen molar-refractivity contribution in [2.75, 3.05) is 31.6 Å². The summed E-state index contributed by atoms with van der Waals surface area (Å²) in [5.74, 6) is 1.48. The lowest BCUT2D eigenvalue weighted by atomic mass is 10.1. The Kier molecular flexibility index (Phi) is 6.44. The molecule has 0 unspecified atom stereocenters. The molecule has 5 nitrogen and oxygen atoms in total. The number of aliphatic imine (C=N–C) groups is 1. The van der Waals surface area contributed by atoms with Crippen LogP contribution in [0.2, 0.25) is 0 Å². The minimum atomic E-state index is 0.0834. The highest BCUT2D eigenvalue weighted by molar-refractivity contribution is 5.98. The number of hydrogen-bond donors (Lipinski definition) is 2. The summed E-state index contributed by atoms with van der Waals surface area (Å²) in [6.07, 6.45) is 3.23. The Labute approximate surface area is 139 Å². The fourth-order valence-electron chi connectivity index (χ4n) is 2.79. The quantitative estimate of drug-likeness (QED) is 0.480. The first-order valence-electron chi connectivity index (χ1n) is 8.44. The summed E-state index contributed by atoms with van der Waals surface area (Å²) in [5, 5.41) is 6.37. The number of anilines is 1. The van der Waals surface area contributed by atoms with Crippen molar-refractivity contribution < 1.29 is 4.79 Å². The molecule has 126 valence electrons. The second-order valence-corrected chi connectivity index (χ2v) is 6.31. The third kappa shape index (κ3) is 4.98. The van der Waals surface area contributed by atoms with Crippen LogP contribution in [0.25, 0.3) is 0 Å². The van der Waals surface area contributed by atoms with Gasteiger partial charge in [-0.25, -0.2) is 0 Å². The van der Waals surface area contributed by atoms with E-state index >= 15 is 0 Å². The largest absolute Gasteiger partial charge is 0.356 e. The second-order valence-electron chi connectivity index (χ2n) is 6.31. The van der Waals surface area contributed by atoms with Gasteiger partial charge >= 0.3 is 0 Å². The highest BCUT2D eigenvalue weighted by Crippen LogP contribution is 2.27. The number of hydrogen-bond acceptors (Lipinski definition) is 2. The normalized spacial score (nSPS) is 14.1. The van der Waals surface area contributed by atoms with E-state index in [-0.39, 0.29) is 12.5 Å². The van der Waals surface area contributed by atoms with Gasteiger partial charge in [-0.15, -0.1) is 0 Å². The summed E-state index contributed by atoms with van der Waals surface area (Å²) in [7, 11) is 1.73. The summed E-state index contributed by atoms with van der Waals surface area (Å²) in [6, 6.07) is 8.10. The molecule has 1 aliphatic heterocycles. The molecule has 0 fully saturated rings. The molecule has 1 amide bonds. The molecule has 23 heavy (non-hydrogen) atoms. The molecule has 0 aliphatic carbocycles. The zero-order chi connectivity index (χ0) is 16.7. The molecule has 0 saturated carbocycles. The topological polar surface area (TPSA) is 56.7 Å². The summed E-state index contributed by atoms with van der Waals surface area (Å²) in [5.41, 5.74) is 2.29. The van der Waals surface area contributed by atoms with E-state index in [4.69, 9.17) is 0 Å². The molecule has 0 saturated heterocycles. The summed E-state index contributed by atoms with van der Waals surface area (Å²) < 4.78 is 0. The second kappa shape index (κ2) is 8.56. The zero-order valence-corrected chi connectivity index (χ0v) is 14.4. The average molecular weight is 316 g/mol. The lowest BCUT2D eigenvalue weighted by Crippen LogP contribution is -2.44. The van der Waals surface area contributed by atoms with Gasteiger partial charge in [0.15, 0.2) is 5.96 Å². The maximum Gasteiger partial charge on any atom is 0.246 e. The third-order valence-electron chi connectivity index (χ3n) is 4.07. The van der Waals surface area contributed by atoms with E-state index in [1.54, 1.807) is 7.05 Å². The average Bonchev–Trinajstić information content (AvgIpc) is 2.97. The van der Waals surface area contributed by atoms with Crippen LogP contribution in [-0.2, 0) is 11.2 Å². The number of amides is 1. The van der Waals surface area contributed by atoms with Gasteiger partial charge in [0, 0.05) is 25.8 Å². The molecule has 5 heteroatoms. The van der Waals surface area contributed by atoms with Gasteiger partial charge in [-0.2, -0.15) is 0 Å². The lowest BCUT2D eigenvalue weighted by molar-refractivity contribution is -0.117. The Morgan fingerprint density at radius 3 is 2.83 bits per heavy atom. The van der Waals surface area contributed by atoms with Crippen LogP contribution in [0, 0.1) is 5.92 Å². The van der Waals surface area contributed by atoms with Gasteiger partial charge < -0.3 is 15.5 Å². The van der Waals surface area contributed by atoms with Gasteiger partial charge in [0.05, 0.1) is 6.54 Å². The number of nitrogens with zero attached hydrogens (tertiary/aromatic N) is 2. The van der Waals surface area contributed by atoms with Crippen LogP contribution in [0.1, 0.15) is 32.3 Å². The fourth-order valence-corrected chi connectivity index (χ4v) is 2.79. The van der Waals surface area contributed by atoms with E-state index in [1.807, 2.05) is 23.1 Å². The summed E-state index contributed by atoms with van der Waals surface area (Å²) >= 11 is 0. The first-order chi connectivity index (χ1) is 11.1. The van der Waals surface area contributed by atoms with Crippen molar-refractivity contribution in [2.45, 2.75) is 33.1 Å². The van der Waals surface area contributed by atoms with Gasteiger partial charge in [-0.05, 0) is 36.8 Å². The number of guanidine groups is 1. The Morgan fingerprint density at radius 1 is 1.30 bits per heavy atom. The van der Waals surface area contributed by atoms with E-state index in [2.05, 4.69) is 35.5 Å². The lowest BCUT2D eigenvalue weighted by Gasteiger charge is -2.19. The van der Waals surface area contributed by atoms with Gasteiger partial charge in [-0.1, -0.05) is 32.0 Å². The zero-order valence-electron chi connectivity index (χ0n) is 14.4. The van der Waals surface area contributed by atoms with Crippen molar-refractivity contribution in [1.29, 1.82) is 0 Å². The smallest absolute Gasteiger partial charge is 0.246 e. The molecule has 0 bridgehead atoms. The highest BCUT2D eigenvalue weighted by Gasteiger charge is 2.23. The molecule has 1 aromatic carbocycles. The first kappa shape index (κ1) is 17.3. The molecule has 1 aromatic rings. The fraction of sp³-hybridized carbons (Fsp3) is 0.556. The predicted molar refractivity (Wildman–Crippen MR) is 95.9 cm³/mol. The molecular weight excluding hydrogens is 288 g/mol. The van der Waals surface area contributed by atoms with Crippen LogP contribution >= 0.6 is 0 Å². The maximum absolute atomic E-state index is 12.4. The molecule has 2 N–H and O–H groups in total. The Morgan fingerprint density at radius 2 is 2.09 bits per heavy atom. The van der Waals surface area contributed by atoms with Gasteiger partial charge in [0.1, 0.15) is 0 Å². The van der Waals surface area contributed by atoms with E-state index in [0.717, 1.165) is 31.6 Å². The standard InChI is InChI=1S/C18H28N4O/c1-14(2)7-6-11-20-18(19-3)21-13-17(23)22-12-10-15-8-4-5-9-16(15)22/h4-5,8-9,14H,6-7,10-13H2,1-3H3,(H2,19,20,21). The summed E-state index contributed by atoms with van der Waals surface area (Å²) in [4.78, 5) is 18.5. The van der Waals surface area contributed by atoms with Crippen LogP contribution in [0.4, 0.5) is 5.69 Å². The number of para-hydroxylation sites is 1. The van der Waals surface area contributed by atoms with Crippen molar-refractivity contribution in [1.82, 2.24) is 10.6 Å². The molecule has 0 atom stereocenters. The number of carbonyl (C=O) groups excluding carboxylic acids is 1. The first-order valence-corrected chi connectivity index (χ1v) is 8.44. The van der Waals surface area contributed by atoms with Crippen molar-refractivity contribution in [3.05, 3.63) is 29.8 Å². The molecule has 0 radical (unpaired) electrons. The van der Waals surface area contributed by atoms with E-state index in [1.165, 1.54) is 12.0 Å². The van der Waals surface area contributed by atoms with Crippen LogP contribution in [-0.4, -0.2) is 38.5 Å². The van der Waals surface area contributed by atoms with Crippen molar-refractivity contribution in [2.24, 2.45) is 10.9 Å². The number of rotatable bonds is 6. The molecule has 1 aliphatic rings. The van der Waals surface area contributed by atoms with Gasteiger partial charge in [-0.3, -0.25) is 9.79 Å². The maximum atomic E-state index is 12.4.